The highest BCUT2D eigenvalue weighted by Crippen LogP contribution is 2.40. The molecule has 0 aliphatic carbocycles. The highest BCUT2D eigenvalue weighted by molar-refractivity contribution is 5.54. The van der Waals surface area contributed by atoms with Gasteiger partial charge < -0.3 is 4.74 Å². The van der Waals surface area contributed by atoms with Crippen molar-refractivity contribution >= 4 is 11.8 Å². The van der Waals surface area contributed by atoms with Crippen LogP contribution in [-0.4, -0.2) is 12.0 Å². The number of methoxy groups -OCH3 is 1. The van der Waals surface area contributed by atoms with E-state index in [1.165, 1.54) is 12.1 Å². The van der Waals surface area contributed by atoms with Crippen molar-refractivity contribution in [2.45, 2.75) is 19.3 Å². The molecule has 138 valence electrons. The van der Waals surface area contributed by atoms with Crippen molar-refractivity contribution in [2.24, 2.45) is 5.41 Å². The summed E-state index contributed by atoms with van der Waals surface area (Å²) in [4.78, 5) is 10.4. The first-order valence-corrected chi connectivity index (χ1v) is 8.52. The zero-order valence-corrected chi connectivity index (χ0v) is 15.5. The Morgan fingerprint density at radius 1 is 1.26 bits per heavy atom. The van der Waals surface area contributed by atoms with Crippen molar-refractivity contribution in [3.63, 3.8) is 0 Å². The molecule has 0 radical (unpaired) electrons. The molecule has 0 fully saturated rings. The van der Waals surface area contributed by atoms with E-state index in [9.17, 15) is 15.4 Å². The third kappa shape index (κ3) is 4.83. The average molecular weight is 362 g/mol. The van der Waals surface area contributed by atoms with Gasteiger partial charge in [0.1, 0.15) is 5.75 Å². The number of non-ortho nitro benzene ring substituents is 1. The smallest absolute Gasteiger partial charge is 0.269 e. The lowest BCUT2D eigenvalue weighted by atomic mass is 9.72. The SMILES string of the molecule is C=CCC(C)(C#N)C(/C=C/c1ccc([N+](=O)[O-])cc1)c1ccc(OC)cc1. The molecular formula is C22H22N2O3. The molecule has 0 N–H and O–H groups in total. The Kier molecular flexibility index (Phi) is 6.51. The van der Waals surface area contributed by atoms with Crippen LogP contribution in [0.5, 0.6) is 5.75 Å². The molecule has 0 bridgehead atoms. The van der Waals surface area contributed by atoms with E-state index in [0.717, 1.165) is 16.9 Å². The number of nitro groups is 1. The average Bonchev–Trinajstić information content (AvgIpc) is 2.69. The van der Waals surface area contributed by atoms with Crippen molar-refractivity contribution in [1.82, 2.24) is 0 Å². The lowest BCUT2D eigenvalue weighted by Crippen LogP contribution is -2.22. The normalized spacial score (nSPS) is 14.1. The Labute approximate surface area is 159 Å². The Hall–Kier alpha value is -3.39. The molecule has 0 aromatic heterocycles. The van der Waals surface area contributed by atoms with Gasteiger partial charge in [0.25, 0.3) is 5.69 Å². The van der Waals surface area contributed by atoms with Crippen LogP contribution < -0.4 is 4.74 Å². The molecule has 0 aliphatic rings. The summed E-state index contributed by atoms with van der Waals surface area (Å²) < 4.78 is 5.21. The fourth-order valence-electron chi connectivity index (χ4n) is 2.96. The minimum atomic E-state index is -0.673. The minimum Gasteiger partial charge on any atom is -0.497 e. The van der Waals surface area contributed by atoms with E-state index in [2.05, 4.69) is 12.6 Å². The van der Waals surface area contributed by atoms with E-state index in [1.807, 2.05) is 43.3 Å². The van der Waals surface area contributed by atoms with Crippen LogP contribution in [0.25, 0.3) is 6.08 Å². The molecule has 2 aromatic carbocycles. The maximum Gasteiger partial charge on any atom is 0.269 e. The molecule has 2 aromatic rings. The Balaban J connectivity index is 2.40. The fourth-order valence-corrected chi connectivity index (χ4v) is 2.96. The molecule has 0 aliphatic heterocycles. The van der Waals surface area contributed by atoms with Crippen LogP contribution in [0, 0.1) is 26.9 Å². The van der Waals surface area contributed by atoms with E-state index < -0.39 is 10.3 Å². The van der Waals surface area contributed by atoms with Gasteiger partial charge in [-0.25, -0.2) is 0 Å². The van der Waals surface area contributed by atoms with Crippen LogP contribution in [-0.2, 0) is 0 Å². The zero-order valence-electron chi connectivity index (χ0n) is 15.5. The quantitative estimate of drug-likeness (QED) is 0.353. The molecule has 2 rings (SSSR count). The Bertz CT molecular complexity index is 864. The number of nitrogens with zero attached hydrogens (tertiary/aromatic N) is 2. The van der Waals surface area contributed by atoms with Crippen molar-refractivity contribution in [3.8, 4) is 11.8 Å². The summed E-state index contributed by atoms with van der Waals surface area (Å²) >= 11 is 0. The predicted octanol–water partition coefficient (Wildman–Crippen LogP) is 5.51. The second-order valence-corrected chi connectivity index (χ2v) is 6.48. The highest BCUT2D eigenvalue weighted by Gasteiger charge is 2.32. The third-order valence-electron chi connectivity index (χ3n) is 4.57. The summed E-state index contributed by atoms with van der Waals surface area (Å²) in [6.07, 6.45) is 6.14. The lowest BCUT2D eigenvalue weighted by molar-refractivity contribution is -0.384. The minimum absolute atomic E-state index is 0.0485. The maximum absolute atomic E-state index is 10.8. The molecule has 0 saturated carbocycles. The van der Waals surface area contributed by atoms with E-state index >= 15 is 0 Å². The van der Waals surface area contributed by atoms with E-state index in [-0.39, 0.29) is 11.6 Å². The molecule has 0 spiro atoms. The van der Waals surface area contributed by atoms with Gasteiger partial charge in [0.15, 0.2) is 0 Å². The molecule has 2 atom stereocenters. The van der Waals surface area contributed by atoms with Crippen LogP contribution in [0.1, 0.15) is 30.4 Å². The van der Waals surface area contributed by atoms with Gasteiger partial charge >= 0.3 is 0 Å². The summed E-state index contributed by atoms with van der Waals surface area (Å²) in [5, 5.41) is 20.6. The second kappa shape index (κ2) is 8.81. The molecule has 0 saturated heterocycles. The number of nitro benzene ring substituents is 1. The topological polar surface area (TPSA) is 76.2 Å². The summed E-state index contributed by atoms with van der Waals surface area (Å²) in [5.41, 5.74) is 1.19. The number of ether oxygens (including phenoxy) is 1. The van der Waals surface area contributed by atoms with E-state index in [4.69, 9.17) is 4.74 Å². The van der Waals surface area contributed by atoms with Crippen molar-refractivity contribution < 1.29 is 9.66 Å². The molecular weight excluding hydrogens is 340 g/mol. The number of rotatable bonds is 8. The number of allylic oxidation sites excluding steroid dienone is 2. The van der Waals surface area contributed by atoms with E-state index in [1.54, 1.807) is 25.3 Å². The molecule has 2 unspecified atom stereocenters. The summed E-state index contributed by atoms with van der Waals surface area (Å²) in [7, 11) is 1.61. The van der Waals surface area contributed by atoms with E-state index in [0.29, 0.717) is 6.42 Å². The summed E-state index contributed by atoms with van der Waals surface area (Å²) in [6, 6.07) is 16.4. The number of hydrogen-bond donors (Lipinski definition) is 0. The summed E-state index contributed by atoms with van der Waals surface area (Å²) in [5.74, 6) is 0.570. The van der Waals surface area contributed by atoms with Gasteiger partial charge in [-0.1, -0.05) is 30.4 Å². The van der Waals surface area contributed by atoms with Gasteiger partial charge in [-0.3, -0.25) is 10.1 Å². The summed E-state index contributed by atoms with van der Waals surface area (Å²) in [6.45, 7) is 5.69. The maximum atomic E-state index is 10.8. The largest absolute Gasteiger partial charge is 0.497 e. The molecule has 27 heavy (non-hydrogen) atoms. The lowest BCUT2D eigenvalue weighted by Gasteiger charge is -2.29. The zero-order chi connectivity index (χ0) is 19.9. The number of hydrogen-bond acceptors (Lipinski definition) is 4. The van der Waals surface area contributed by atoms with Gasteiger partial charge in [0.05, 0.1) is 23.5 Å². The first-order chi connectivity index (χ1) is 12.9. The molecule has 5 nitrogen and oxygen atoms in total. The third-order valence-corrected chi connectivity index (χ3v) is 4.57. The van der Waals surface area contributed by atoms with Crippen molar-refractivity contribution in [2.75, 3.05) is 7.11 Å². The van der Waals surface area contributed by atoms with Crippen LogP contribution in [0.15, 0.2) is 67.3 Å². The van der Waals surface area contributed by atoms with Crippen molar-refractivity contribution in [3.05, 3.63) is 88.5 Å². The first-order valence-electron chi connectivity index (χ1n) is 8.52. The van der Waals surface area contributed by atoms with Gasteiger partial charge in [0.2, 0.25) is 0 Å². The van der Waals surface area contributed by atoms with Gasteiger partial charge in [-0.05, 0) is 48.7 Å². The predicted molar refractivity (Wildman–Crippen MR) is 106 cm³/mol. The Morgan fingerprint density at radius 2 is 1.89 bits per heavy atom. The second-order valence-electron chi connectivity index (χ2n) is 6.48. The van der Waals surface area contributed by atoms with Gasteiger partial charge in [0, 0.05) is 18.1 Å². The van der Waals surface area contributed by atoms with Crippen LogP contribution in [0.3, 0.4) is 0 Å². The van der Waals surface area contributed by atoms with Crippen LogP contribution in [0.2, 0.25) is 0 Å². The monoisotopic (exact) mass is 362 g/mol. The standard InChI is InChI=1S/C22H22N2O3/c1-4-15-22(2,16-23)21(18-8-12-20(27-3)13-9-18)14-7-17-5-10-19(11-6-17)24(25)26/h4-14,21H,1,15H2,2-3H3/b14-7+. The van der Waals surface area contributed by atoms with Gasteiger partial charge in [-0.2, -0.15) is 5.26 Å². The van der Waals surface area contributed by atoms with Crippen molar-refractivity contribution in [1.29, 1.82) is 5.26 Å². The van der Waals surface area contributed by atoms with Crippen LogP contribution >= 0.6 is 0 Å². The number of benzene rings is 2. The van der Waals surface area contributed by atoms with Crippen LogP contribution in [0.4, 0.5) is 5.69 Å². The van der Waals surface area contributed by atoms with Gasteiger partial charge in [-0.15, -0.1) is 6.58 Å². The Morgan fingerprint density at radius 3 is 2.37 bits per heavy atom. The highest BCUT2D eigenvalue weighted by atomic mass is 16.6. The molecule has 0 amide bonds. The molecule has 0 heterocycles. The number of nitriles is 1. The first kappa shape index (κ1) is 19.9. The fraction of sp³-hybridized carbons (Fsp3) is 0.227. The molecule has 5 heteroatoms.